The minimum absolute atomic E-state index is 0.158. The second-order valence-electron chi connectivity index (χ2n) is 4.06. The molecule has 0 aliphatic rings. The molecule has 0 amide bonds. The van der Waals surface area contributed by atoms with Crippen LogP contribution >= 0.6 is 15.9 Å². The lowest BCUT2D eigenvalue weighted by molar-refractivity contribution is 0.342. The fourth-order valence-corrected chi connectivity index (χ4v) is 2.01. The van der Waals surface area contributed by atoms with E-state index in [1.165, 1.54) is 6.07 Å². The molecule has 6 heteroatoms. The molecule has 0 heterocycles. The number of hydrogen-bond acceptors (Lipinski definition) is 3. The molecule has 106 valence electrons. The van der Waals surface area contributed by atoms with Gasteiger partial charge in [0, 0.05) is 17.8 Å². The van der Waals surface area contributed by atoms with E-state index in [4.69, 9.17) is 10.5 Å². The maximum atomic E-state index is 13.7. The molecule has 0 saturated carbocycles. The molecule has 3 nitrogen and oxygen atoms in total. The third-order valence-corrected chi connectivity index (χ3v) is 3.21. The quantitative estimate of drug-likeness (QED) is 0.637. The lowest BCUT2D eigenvalue weighted by atomic mass is 10.2. The van der Waals surface area contributed by atoms with Crippen LogP contribution in [0.5, 0.6) is 5.75 Å². The van der Waals surface area contributed by atoms with Crippen molar-refractivity contribution in [3.63, 3.8) is 0 Å². The zero-order valence-electron chi connectivity index (χ0n) is 10.7. The molecule has 0 atom stereocenters. The Morgan fingerprint density at radius 1 is 1.20 bits per heavy atom. The predicted molar refractivity (Wildman–Crippen MR) is 79.4 cm³/mol. The molecule has 3 N–H and O–H groups in total. The van der Waals surface area contributed by atoms with Crippen LogP contribution in [0.15, 0.2) is 34.8 Å². The monoisotopic (exact) mass is 342 g/mol. The number of hydrogen-bond donors (Lipinski definition) is 2. The van der Waals surface area contributed by atoms with Gasteiger partial charge in [-0.25, -0.2) is 8.78 Å². The molecular formula is C14H13BrF2N2O. The van der Waals surface area contributed by atoms with Crippen molar-refractivity contribution in [2.75, 3.05) is 17.7 Å². The van der Waals surface area contributed by atoms with E-state index in [0.29, 0.717) is 23.7 Å². The van der Waals surface area contributed by atoms with Crippen molar-refractivity contribution in [3.05, 3.63) is 46.4 Å². The highest BCUT2D eigenvalue weighted by Gasteiger charge is 2.09. The summed E-state index contributed by atoms with van der Waals surface area (Å²) in [6, 6.07) is 7.16. The van der Waals surface area contributed by atoms with Crippen LogP contribution in [0, 0.1) is 11.6 Å². The molecule has 0 aliphatic heterocycles. The first-order valence-electron chi connectivity index (χ1n) is 5.95. The van der Waals surface area contributed by atoms with Crippen molar-refractivity contribution < 1.29 is 13.5 Å². The van der Waals surface area contributed by atoms with Crippen LogP contribution < -0.4 is 15.8 Å². The van der Waals surface area contributed by atoms with Gasteiger partial charge < -0.3 is 15.8 Å². The van der Waals surface area contributed by atoms with Crippen LogP contribution in [0.1, 0.15) is 6.92 Å². The molecule has 0 spiro atoms. The van der Waals surface area contributed by atoms with Crippen LogP contribution in [-0.2, 0) is 0 Å². The van der Waals surface area contributed by atoms with Gasteiger partial charge >= 0.3 is 0 Å². The first-order valence-corrected chi connectivity index (χ1v) is 6.74. The Labute approximate surface area is 123 Å². The Morgan fingerprint density at radius 2 is 1.95 bits per heavy atom. The lowest BCUT2D eigenvalue weighted by Gasteiger charge is -2.12. The summed E-state index contributed by atoms with van der Waals surface area (Å²) in [5, 5.41) is 2.86. The Morgan fingerprint density at radius 3 is 2.65 bits per heavy atom. The maximum absolute atomic E-state index is 13.7. The Balaban J connectivity index is 2.30. The van der Waals surface area contributed by atoms with Crippen molar-refractivity contribution in [3.8, 4) is 5.75 Å². The van der Waals surface area contributed by atoms with E-state index in [-0.39, 0.29) is 10.2 Å². The molecule has 20 heavy (non-hydrogen) atoms. The largest absolute Gasteiger partial charge is 0.492 e. The van der Waals surface area contributed by atoms with Gasteiger partial charge in [0.15, 0.2) is 0 Å². The van der Waals surface area contributed by atoms with E-state index >= 15 is 0 Å². The molecule has 2 rings (SSSR count). The second kappa shape index (κ2) is 6.09. The summed E-state index contributed by atoms with van der Waals surface area (Å²) in [5.41, 5.74) is 7.01. The number of anilines is 3. The van der Waals surface area contributed by atoms with Gasteiger partial charge in [-0.05, 0) is 41.1 Å². The Bertz CT molecular complexity index is 635. The number of rotatable bonds is 4. The third-order valence-electron chi connectivity index (χ3n) is 2.60. The van der Waals surface area contributed by atoms with Gasteiger partial charge in [0.2, 0.25) is 0 Å². The van der Waals surface area contributed by atoms with Gasteiger partial charge in [0.25, 0.3) is 0 Å². The number of nitrogens with one attached hydrogen (secondary N) is 1. The highest BCUT2D eigenvalue weighted by Crippen LogP contribution is 2.30. The van der Waals surface area contributed by atoms with Crippen molar-refractivity contribution in [1.82, 2.24) is 0 Å². The molecule has 0 aromatic heterocycles. The number of nitrogens with two attached hydrogens (primary N) is 1. The highest BCUT2D eigenvalue weighted by atomic mass is 79.9. The summed E-state index contributed by atoms with van der Waals surface area (Å²) >= 11 is 3.02. The van der Waals surface area contributed by atoms with Gasteiger partial charge in [-0.1, -0.05) is 0 Å². The molecule has 0 unspecified atom stereocenters. The first-order chi connectivity index (χ1) is 9.51. The molecular weight excluding hydrogens is 330 g/mol. The van der Waals surface area contributed by atoms with E-state index in [9.17, 15) is 8.78 Å². The van der Waals surface area contributed by atoms with Gasteiger partial charge in [0.1, 0.15) is 17.4 Å². The molecule has 0 saturated heterocycles. The minimum atomic E-state index is -0.680. The van der Waals surface area contributed by atoms with Crippen LogP contribution in [-0.4, -0.2) is 6.61 Å². The number of ether oxygens (including phenoxy) is 1. The first kappa shape index (κ1) is 14.6. The standard InChI is InChI=1S/C14H13BrF2N2O/c1-2-20-14-5-8(3-4-12(14)18)19-13-6-9(15)10(16)7-11(13)17/h3-7,19H,2,18H2,1H3. The fraction of sp³-hybridized carbons (Fsp3) is 0.143. The second-order valence-corrected chi connectivity index (χ2v) is 4.91. The maximum Gasteiger partial charge on any atom is 0.149 e. The van der Waals surface area contributed by atoms with Gasteiger partial charge in [-0.15, -0.1) is 0 Å². The van der Waals surface area contributed by atoms with Crippen molar-refractivity contribution >= 4 is 33.0 Å². The van der Waals surface area contributed by atoms with Gasteiger partial charge in [-0.3, -0.25) is 0 Å². The van der Waals surface area contributed by atoms with Crippen LogP contribution in [0.4, 0.5) is 25.8 Å². The molecule has 0 radical (unpaired) electrons. The third kappa shape index (κ3) is 3.19. The van der Waals surface area contributed by atoms with Crippen LogP contribution in [0.2, 0.25) is 0 Å². The lowest BCUT2D eigenvalue weighted by Crippen LogP contribution is -1.99. The van der Waals surface area contributed by atoms with E-state index in [0.717, 1.165) is 6.07 Å². The fourth-order valence-electron chi connectivity index (χ4n) is 1.67. The molecule has 2 aromatic carbocycles. The van der Waals surface area contributed by atoms with E-state index in [2.05, 4.69) is 21.2 Å². The summed E-state index contributed by atoms with van der Waals surface area (Å²) < 4.78 is 32.4. The van der Waals surface area contributed by atoms with Crippen LogP contribution in [0.3, 0.4) is 0 Å². The highest BCUT2D eigenvalue weighted by molar-refractivity contribution is 9.10. The SMILES string of the molecule is CCOc1cc(Nc2cc(Br)c(F)cc2F)ccc1N. The summed E-state index contributed by atoms with van der Waals surface area (Å²) in [6.45, 7) is 2.32. The Hall–Kier alpha value is -1.82. The zero-order valence-corrected chi connectivity index (χ0v) is 12.3. The molecule has 0 aliphatic carbocycles. The van der Waals surface area contributed by atoms with Crippen molar-refractivity contribution in [1.29, 1.82) is 0 Å². The van der Waals surface area contributed by atoms with E-state index in [1.807, 2.05) is 6.92 Å². The normalized spacial score (nSPS) is 10.4. The predicted octanol–water partition coefficient (Wildman–Crippen LogP) is 4.45. The summed E-state index contributed by atoms with van der Waals surface area (Å²) in [4.78, 5) is 0. The average Bonchev–Trinajstić information content (AvgIpc) is 2.40. The van der Waals surface area contributed by atoms with Crippen molar-refractivity contribution in [2.45, 2.75) is 6.92 Å². The zero-order chi connectivity index (χ0) is 14.7. The summed E-state index contributed by atoms with van der Waals surface area (Å²) in [7, 11) is 0. The molecule has 0 bridgehead atoms. The number of halogens is 3. The molecule has 0 fully saturated rings. The smallest absolute Gasteiger partial charge is 0.149 e. The van der Waals surface area contributed by atoms with E-state index < -0.39 is 11.6 Å². The van der Waals surface area contributed by atoms with Crippen molar-refractivity contribution in [2.24, 2.45) is 0 Å². The van der Waals surface area contributed by atoms with Gasteiger partial charge in [0.05, 0.1) is 22.5 Å². The average molecular weight is 343 g/mol. The topological polar surface area (TPSA) is 47.3 Å². The number of benzene rings is 2. The summed E-state index contributed by atoms with van der Waals surface area (Å²) in [6.07, 6.45) is 0. The van der Waals surface area contributed by atoms with Gasteiger partial charge in [-0.2, -0.15) is 0 Å². The minimum Gasteiger partial charge on any atom is -0.492 e. The van der Waals surface area contributed by atoms with E-state index in [1.54, 1.807) is 18.2 Å². The van der Waals surface area contributed by atoms with Crippen LogP contribution in [0.25, 0.3) is 0 Å². The summed E-state index contributed by atoms with van der Waals surface area (Å²) in [5.74, 6) is -0.820. The number of nitrogen functional groups attached to an aromatic ring is 1. The Kier molecular flexibility index (Phi) is 4.44. The molecule has 2 aromatic rings.